The Bertz CT molecular complexity index is 1220. The normalized spacial score (nSPS) is 15.9. The standard InChI is InChI=1S/C21H10Cl2F3NO3S/c22-14-5-2-6-15(23)18(14)16-8-7-13(30-16)10-17-19(28)27(20(29)31-17)12-4-1-3-11(9-12)21(24,25)26/h1-10H/b17-10+. The molecule has 3 aromatic rings. The van der Waals surface area contributed by atoms with Gasteiger partial charge < -0.3 is 4.42 Å². The van der Waals surface area contributed by atoms with Gasteiger partial charge in [0.2, 0.25) is 0 Å². The Morgan fingerprint density at radius 1 is 0.968 bits per heavy atom. The highest BCUT2D eigenvalue weighted by Gasteiger charge is 2.38. The zero-order chi connectivity index (χ0) is 22.3. The Morgan fingerprint density at radius 2 is 1.65 bits per heavy atom. The lowest BCUT2D eigenvalue weighted by Gasteiger charge is -2.14. The van der Waals surface area contributed by atoms with Crippen molar-refractivity contribution in [2.45, 2.75) is 6.18 Å². The Kier molecular flexibility index (Phi) is 5.63. The number of hydrogen-bond donors (Lipinski definition) is 0. The maximum atomic E-state index is 13.0. The van der Waals surface area contributed by atoms with Crippen LogP contribution in [0.25, 0.3) is 17.4 Å². The second kappa shape index (κ2) is 8.11. The van der Waals surface area contributed by atoms with Crippen LogP contribution in [0.5, 0.6) is 0 Å². The van der Waals surface area contributed by atoms with Crippen LogP contribution in [-0.4, -0.2) is 11.1 Å². The van der Waals surface area contributed by atoms with Gasteiger partial charge in [0.25, 0.3) is 11.1 Å². The second-order valence-electron chi connectivity index (χ2n) is 6.36. The SMILES string of the molecule is O=C1S/C(=C/c2ccc(-c3c(Cl)cccc3Cl)o2)C(=O)N1c1cccc(C(F)(F)F)c1. The van der Waals surface area contributed by atoms with Gasteiger partial charge in [-0.25, -0.2) is 4.90 Å². The predicted octanol–water partition coefficient (Wildman–Crippen LogP) is 7.51. The molecule has 0 aliphatic carbocycles. The molecule has 0 atom stereocenters. The van der Waals surface area contributed by atoms with Crippen molar-refractivity contribution >= 4 is 57.9 Å². The monoisotopic (exact) mass is 483 g/mol. The molecule has 0 N–H and O–H groups in total. The van der Waals surface area contributed by atoms with Crippen molar-refractivity contribution in [3.63, 3.8) is 0 Å². The summed E-state index contributed by atoms with van der Waals surface area (Å²) in [6.07, 6.45) is -3.26. The van der Waals surface area contributed by atoms with E-state index in [9.17, 15) is 22.8 Å². The van der Waals surface area contributed by atoms with E-state index in [-0.39, 0.29) is 16.4 Å². The molecular weight excluding hydrogens is 474 g/mol. The number of nitrogens with zero attached hydrogens (tertiary/aromatic N) is 1. The average molecular weight is 484 g/mol. The van der Waals surface area contributed by atoms with Gasteiger partial charge in [0.15, 0.2) is 0 Å². The zero-order valence-electron chi connectivity index (χ0n) is 15.2. The fourth-order valence-corrected chi connectivity index (χ4v) is 4.34. The van der Waals surface area contributed by atoms with E-state index in [0.717, 1.165) is 18.2 Å². The second-order valence-corrected chi connectivity index (χ2v) is 8.17. The molecule has 2 aromatic carbocycles. The molecule has 2 heterocycles. The van der Waals surface area contributed by atoms with Crippen molar-refractivity contribution < 1.29 is 27.2 Å². The van der Waals surface area contributed by atoms with Gasteiger partial charge in [-0.05, 0) is 54.2 Å². The maximum absolute atomic E-state index is 13.0. The molecule has 1 aliphatic heterocycles. The lowest BCUT2D eigenvalue weighted by molar-refractivity contribution is -0.137. The van der Waals surface area contributed by atoms with Crippen LogP contribution < -0.4 is 4.90 Å². The number of hydrogen-bond acceptors (Lipinski definition) is 4. The number of carbonyl (C=O) groups excluding carboxylic acids is 2. The summed E-state index contributed by atoms with van der Waals surface area (Å²) in [4.78, 5) is 25.8. The van der Waals surface area contributed by atoms with Gasteiger partial charge >= 0.3 is 6.18 Å². The van der Waals surface area contributed by atoms with Crippen molar-refractivity contribution in [1.29, 1.82) is 0 Å². The number of amides is 2. The number of benzene rings is 2. The summed E-state index contributed by atoms with van der Waals surface area (Å²) >= 11 is 12.9. The molecule has 0 unspecified atom stereocenters. The smallest absolute Gasteiger partial charge is 0.416 e. The van der Waals surface area contributed by atoms with E-state index in [1.807, 2.05) is 0 Å². The number of thioether (sulfide) groups is 1. The first-order valence-corrected chi connectivity index (χ1v) is 10.2. The van der Waals surface area contributed by atoms with Crippen molar-refractivity contribution in [1.82, 2.24) is 0 Å². The number of rotatable bonds is 3. The van der Waals surface area contributed by atoms with Gasteiger partial charge in [-0.15, -0.1) is 0 Å². The molecule has 1 fully saturated rings. The van der Waals surface area contributed by atoms with Crippen molar-refractivity contribution in [3.8, 4) is 11.3 Å². The van der Waals surface area contributed by atoms with Crippen LogP contribution in [0.3, 0.4) is 0 Å². The largest absolute Gasteiger partial charge is 0.457 e. The number of furan rings is 1. The summed E-state index contributed by atoms with van der Waals surface area (Å²) in [5.41, 5.74) is -0.647. The summed E-state index contributed by atoms with van der Waals surface area (Å²) in [5.74, 6) is -0.137. The first kappa shape index (κ1) is 21.5. The van der Waals surface area contributed by atoms with Gasteiger partial charge in [0, 0.05) is 6.08 Å². The molecular formula is C21H10Cl2F3NO3S. The third kappa shape index (κ3) is 4.23. The van der Waals surface area contributed by atoms with Crippen LogP contribution in [0, 0.1) is 0 Å². The van der Waals surface area contributed by atoms with Crippen LogP contribution in [0.2, 0.25) is 10.0 Å². The van der Waals surface area contributed by atoms with E-state index in [2.05, 4.69) is 0 Å². The summed E-state index contributed by atoms with van der Waals surface area (Å²) in [6, 6.07) is 12.2. The topological polar surface area (TPSA) is 50.5 Å². The quantitative estimate of drug-likeness (QED) is 0.361. The minimum absolute atomic E-state index is 0.00793. The van der Waals surface area contributed by atoms with Gasteiger partial charge in [-0.1, -0.05) is 35.3 Å². The molecule has 10 heteroatoms. The Labute approximate surface area is 188 Å². The number of anilines is 1. The Morgan fingerprint density at radius 3 is 2.32 bits per heavy atom. The molecule has 31 heavy (non-hydrogen) atoms. The average Bonchev–Trinajstić information content (AvgIpc) is 3.25. The summed E-state index contributed by atoms with van der Waals surface area (Å²) in [5, 5.41) is 0.0352. The third-order valence-electron chi connectivity index (χ3n) is 4.33. The molecule has 4 nitrogen and oxygen atoms in total. The molecule has 2 amide bonds. The lowest BCUT2D eigenvalue weighted by Crippen LogP contribution is -2.27. The number of alkyl halides is 3. The van der Waals surface area contributed by atoms with Gasteiger partial charge in [-0.3, -0.25) is 9.59 Å². The Balaban J connectivity index is 1.64. The van der Waals surface area contributed by atoms with Crippen molar-refractivity contribution in [2.24, 2.45) is 0 Å². The maximum Gasteiger partial charge on any atom is 0.416 e. The van der Waals surface area contributed by atoms with Crippen molar-refractivity contribution in [3.05, 3.63) is 80.9 Å². The fraction of sp³-hybridized carbons (Fsp3) is 0.0476. The van der Waals surface area contributed by atoms with E-state index >= 15 is 0 Å². The van der Waals surface area contributed by atoms with Gasteiger partial charge in [-0.2, -0.15) is 13.2 Å². The van der Waals surface area contributed by atoms with E-state index in [1.54, 1.807) is 30.3 Å². The van der Waals surface area contributed by atoms with Crippen LogP contribution >= 0.6 is 35.0 Å². The number of halogens is 5. The fourth-order valence-electron chi connectivity index (χ4n) is 2.94. The zero-order valence-corrected chi connectivity index (χ0v) is 17.6. The minimum Gasteiger partial charge on any atom is -0.457 e. The van der Waals surface area contributed by atoms with E-state index < -0.39 is 22.9 Å². The molecule has 0 saturated carbocycles. The Hall–Kier alpha value is -2.68. The lowest BCUT2D eigenvalue weighted by atomic mass is 10.2. The molecule has 1 aliphatic rings. The van der Waals surface area contributed by atoms with Gasteiger partial charge in [0.1, 0.15) is 11.5 Å². The van der Waals surface area contributed by atoms with Crippen molar-refractivity contribution in [2.75, 3.05) is 4.90 Å². The molecule has 4 rings (SSSR count). The number of carbonyl (C=O) groups is 2. The van der Waals surface area contributed by atoms with Gasteiger partial charge in [0.05, 0.1) is 31.8 Å². The predicted molar refractivity (Wildman–Crippen MR) is 114 cm³/mol. The molecule has 1 aromatic heterocycles. The summed E-state index contributed by atoms with van der Waals surface area (Å²) < 4.78 is 44.6. The van der Waals surface area contributed by atoms with Crippen LogP contribution in [0.15, 0.2) is 63.9 Å². The van der Waals surface area contributed by atoms with E-state index in [1.165, 1.54) is 12.1 Å². The minimum atomic E-state index is -4.60. The first-order chi connectivity index (χ1) is 14.6. The molecule has 0 radical (unpaired) electrons. The highest BCUT2D eigenvalue weighted by atomic mass is 35.5. The van der Waals surface area contributed by atoms with Crippen LogP contribution in [0.1, 0.15) is 11.3 Å². The molecule has 0 spiro atoms. The number of imide groups is 1. The summed E-state index contributed by atoms with van der Waals surface area (Å²) in [7, 11) is 0. The molecule has 1 saturated heterocycles. The van der Waals surface area contributed by atoms with Crippen LogP contribution in [0.4, 0.5) is 23.7 Å². The highest BCUT2D eigenvalue weighted by molar-refractivity contribution is 8.19. The van der Waals surface area contributed by atoms with Crippen LogP contribution in [-0.2, 0) is 11.0 Å². The summed E-state index contributed by atoms with van der Waals surface area (Å²) in [6.45, 7) is 0. The molecule has 0 bridgehead atoms. The first-order valence-electron chi connectivity index (χ1n) is 8.64. The third-order valence-corrected chi connectivity index (χ3v) is 5.83. The molecule has 158 valence electrons. The van der Waals surface area contributed by atoms with E-state index in [0.29, 0.717) is 38.0 Å². The van der Waals surface area contributed by atoms with E-state index in [4.69, 9.17) is 27.6 Å². The highest BCUT2D eigenvalue weighted by Crippen LogP contribution is 2.40.